The first-order chi connectivity index (χ1) is 9.45. The summed E-state index contributed by atoms with van der Waals surface area (Å²) in [5.74, 6) is 0. The SMILES string of the molecule is C1=CCC(n2c3ccccc3c3ccccc32)C=C1. The second-order valence-corrected chi connectivity index (χ2v) is 5.02. The van der Waals surface area contributed by atoms with Gasteiger partial charge in [0.1, 0.15) is 0 Å². The lowest BCUT2D eigenvalue weighted by atomic mass is 10.1. The van der Waals surface area contributed by atoms with Gasteiger partial charge in [0.2, 0.25) is 0 Å². The van der Waals surface area contributed by atoms with Crippen LogP contribution in [0, 0.1) is 0 Å². The van der Waals surface area contributed by atoms with Crippen molar-refractivity contribution in [1.82, 2.24) is 4.57 Å². The number of rotatable bonds is 1. The molecule has 3 aromatic rings. The maximum Gasteiger partial charge on any atom is 0.0560 e. The van der Waals surface area contributed by atoms with Gasteiger partial charge in [-0.2, -0.15) is 0 Å². The molecule has 1 heterocycles. The van der Waals surface area contributed by atoms with E-state index in [1.165, 1.54) is 21.8 Å². The van der Waals surface area contributed by atoms with Crippen LogP contribution >= 0.6 is 0 Å². The molecule has 0 amide bonds. The highest BCUT2D eigenvalue weighted by Crippen LogP contribution is 2.33. The van der Waals surface area contributed by atoms with E-state index in [1.807, 2.05) is 0 Å². The van der Waals surface area contributed by atoms with Gasteiger partial charge in [-0.15, -0.1) is 0 Å². The van der Waals surface area contributed by atoms with Gasteiger partial charge in [0.15, 0.2) is 0 Å². The molecule has 0 fully saturated rings. The van der Waals surface area contributed by atoms with Crippen LogP contribution < -0.4 is 0 Å². The molecule has 4 rings (SSSR count). The molecule has 0 spiro atoms. The summed E-state index contributed by atoms with van der Waals surface area (Å²) in [5, 5.41) is 2.70. The molecule has 1 atom stereocenters. The standard InChI is InChI=1S/C18H15N/c1-2-8-14(9-3-1)19-17-12-6-4-10-15(17)16-11-5-7-13-18(16)19/h1-8,10-14H,9H2. The molecule has 1 unspecified atom stereocenters. The van der Waals surface area contributed by atoms with Gasteiger partial charge in [0.05, 0.1) is 6.04 Å². The van der Waals surface area contributed by atoms with Gasteiger partial charge in [-0.1, -0.05) is 60.7 Å². The Kier molecular flexibility index (Phi) is 2.31. The molecule has 0 aliphatic heterocycles. The summed E-state index contributed by atoms with van der Waals surface area (Å²) >= 11 is 0. The molecule has 1 heteroatoms. The Bertz CT molecular complexity index is 752. The van der Waals surface area contributed by atoms with Crippen molar-refractivity contribution < 1.29 is 0 Å². The first kappa shape index (κ1) is 10.6. The van der Waals surface area contributed by atoms with Gasteiger partial charge in [-0.05, 0) is 18.6 Å². The third kappa shape index (κ3) is 1.55. The molecule has 0 N–H and O–H groups in total. The van der Waals surface area contributed by atoms with E-state index in [0.717, 1.165) is 6.42 Å². The predicted molar refractivity (Wildman–Crippen MR) is 81.4 cm³/mol. The van der Waals surface area contributed by atoms with Crippen LogP contribution in [-0.2, 0) is 0 Å². The van der Waals surface area contributed by atoms with Crippen LogP contribution in [0.1, 0.15) is 12.5 Å². The summed E-state index contributed by atoms with van der Waals surface area (Å²) < 4.78 is 2.46. The summed E-state index contributed by atoms with van der Waals surface area (Å²) in [6.07, 6.45) is 9.88. The predicted octanol–water partition coefficient (Wildman–Crippen LogP) is 4.85. The fourth-order valence-electron chi connectivity index (χ4n) is 3.07. The smallest absolute Gasteiger partial charge is 0.0560 e. The van der Waals surface area contributed by atoms with E-state index < -0.39 is 0 Å². The Morgan fingerprint density at radius 2 is 1.42 bits per heavy atom. The number of benzene rings is 2. The van der Waals surface area contributed by atoms with Crippen LogP contribution in [0.3, 0.4) is 0 Å². The zero-order valence-corrected chi connectivity index (χ0v) is 10.7. The monoisotopic (exact) mass is 245 g/mol. The Morgan fingerprint density at radius 1 is 0.789 bits per heavy atom. The molecule has 0 saturated heterocycles. The number of aromatic nitrogens is 1. The van der Waals surface area contributed by atoms with E-state index >= 15 is 0 Å². The van der Waals surface area contributed by atoms with Gasteiger partial charge in [0, 0.05) is 21.8 Å². The normalized spacial score (nSPS) is 18.4. The van der Waals surface area contributed by atoms with Gasteiger partial charge in [0.25, 0.3) is 0 Å². The van der Waals surface area contributed by atoms with Gasteiger partial charge >= 0.3 is 0 Å². The number of hydrogen-bond donors (Lipinski definition) is 0. The van der Waals surface area contributed by atoms with Crippen molar-refractivity contribution in [2.75, 3.05) is 0 Å². The van der Waals surface area contributed by atoms with E-state index in [2.05, 4.69) is 77.4 Å². The highest BCUT2D eigenvalue weighted by molar-refractivity contribution is 6.08. The molecule has 1 aromatic heterocycles. The third-order valence-corrected chi connectivity index (χ3v) is 3.91. The van der Waals surface area contributed by atoms with Gasteiger partial charge < -0.3 is 4.57 Å². The van der Waals surface area contributed by atoms with E-state index in [4.69, 9.17) is 0 Å². The van der Waals surface area contributed by atoms with Crippen molar-refractivity contribution in [1.29, 1.82) is 0 Å². The van der Waals surface area contributed by atoms with Crippen LogP contribution in [0.2, 0.25) is 0 Å². The molecule has 1 nitrogen and oxygen atoms in total. The number of fused-ring (bicyclic) bond motifs is 3. The van der Waals surface area contributed by atoms with Crippen LogP contribution in [0.15, 0.2) is 72.8 Å². The van der Waals surface area contributed by atoms with Crippen LogP contribution in [0.5, 0.6) is 0 Å². The first-order valence-corrected chi connectivity index (χ1v) is 6.76. The van der Waals surface area contributed by atoms with Crippen molar-refractivity contribution in [2.45, 2.75) is 12.5 Å². The highest BCUT2D eigenvalue weighted by Gasteiger charge is 2.15. The van der Waals surface area contributed by atoms with E-state index in [0.29, 0.717) is 6.04 Å². The first-order valence-electron chi connectivity index (χ1n) is 6.76. The number of para-hydroxylation sites is 2. The fraction of sp³-hybridized carbons (Fsp3) is 0.111. The minimum absolute atomic E-state index is 0.426. The lowest BCUT2D eigenvalue weighted by Crippen LogP contribution is -2.06. The van der Waals surface area contributed by atoms with E-state index in [9.17, 15) is 0 Å². The van der Waals surface area contributed by atoms with Gasteiger partial charge in [-0.25, -0.2) is 0 Å². The summed E-state index contributed by atoms with van der Waals surface area (Å²) in [6.45, 7) is 0. The Hall–Kier alpha value is -2.28. The second-order valence-electron chi connectivity index (χ2n) is 5.02. The van der Waals surface area contributed by atoms with Crippen LogP contribution in [-0.4, -0.2) is 4.57 Å². The molecular weight excluding hydrogens is 230 g/mol. The number of nitrogens with zero attached hydrogens (tertiary/aromatic N) is 1. The quantitative estimate of drug-likeness (QED) is 0.577. The maximum atomic E-state index is 2.46. The molecule has 19 heavy (non-hydrogen) atoms. The highest BCUT2D eigenvalue weighted by atomic mass is 15.0. The molecule has 0 saturated carbocycles. The molecule has 0 radical (unpaired) electrons. The molecule has 92 valence electrons. The number of hydrogen-bond acceptors (Lipinski definition) is 0. The Morgan fingerprint density at radius 3 is 2.00 bits per heavy atom. The van der Waals surface area contributed by atoms with Crippen molar-refractivity contribution in [3.8, 4) is 0 Å². The molecule has 1 aliphatic rings. The van der Waals surface area contributed by atoms with E-state index in [1.54, 1.807) is 0 Å². The topological polar surface area (TPSA) is 4.93 Å². The summed E-state index contributed by atoms with van der Waals surface area (Å²) in [5.41, 5.74) is 2.65. The average molecular weight is 245 g/mol. The maximum absolute atomic E-state index is 2.46. The number of allylic oxidation sites excluding steroid dienone is 4. The molecule has 1 aliphatic carbocycles. The lowest BCUT2D eigenvalue weighted by Gasteiger charge is -2.18. The van der Waals surface area contributed by atoms with Crippen molar-refractivity contribution in [3.05, 3.63) is 72.8 Å². The van der Waals surface area contributed by atoms with Crippen molar-refractivity contribution in [2.24, 2.45) is 0 Å². The molecule has 0 bridgehead atoms. The fourth-order valence-corrected chi connectivity index (χ4v) is 3.07. The lowest BCUT2D eigenvalue weighted by molar-refractivity contribution is 0.648. The van der Waals surface area contributed by atoms with E-state index in [-0.39, 0.29) is 0 Å². The minimum atomic E-state index is 0.426. The summed E-state index contributed by atoms with van der Waals surface area (Å²) in [6, 6.07) is 17.8. The largest absolute Gasteiger partial charge is 0.333 e. The average Bonchev–Trinajstić information content (AvgIpc) is 2.83. The van der Waals surface area contributed by atoms with Crippen LogP contribution in [0.25, 0.3) is 21.8 Å². The molecular formula is C18H15N. The zero-order chi connectivity index (χ0) is 12.7. The third-order valence-electron chi connectivity index (χ3n) is 3.91. The Labute approximate surface area is 112 Å². The van der Waals surface area contributed by atoms with Gasteiger partial charge in [-0.3, -0.25) is 0 Å². The summed E-state index contributed by atoms with van der Waals surface area (Å²) in [7, 11) is 0. The zero-order valence-electron chi connectivity index (χ0n) is 10.7. The molecule has 2 aromatic carbocycles. The van der Waals surface area contributed by atoms with Crippen molar-refractivity contribution in [3.63, 3.8) is 0 Å². The summed E-state index contributed by atoms with van der Waals surface area (Å²) in [4.78, 5) is 0. The van der Waals surface area contributed by atoms with Crippen molar-refractivity contribution >= 4 is 21.8 Å². The Balaban J connectivity index is 2.11. The van der Waals surface area contributed by atoms with Crippen LogP contribution in [0.4, 0.5) is 0 Å². The second kappa shape index (κ2) is 4.13. The minimum Gasteiger partial charge on any atom is -0.333 e.